The molecule has 4 nitrogen and oxygen atoms in total. The first kappa shape index (κ1) is 25.9. The fourth-order valence-electron chi connectivity index (χ4n) is 3.92. The molecule has 0 fully saturated rings. The highest BCUT2D eigenvalue weighted by Crippen LogP contribution is 2.37. The van der Waals surface area contributed by atoms with Crippen LogP contribution >= 0.6 is 0 Å². The third-order valence-corrected chi connectivity index (χ3v) is 5.82. The standard InChI is InChI=1S/C28H40O4/c1-4-7-9-11-13-19-26(29)31-25-21-22(6-3)28(24-18-16-15-17-23(24)25)32-27(30)20-14-12-10-8-5-2/h15-18,21H,4-14,19-20H2,1-3H3. The first-order chi connectivity index (χ1) is 15.6. The third-order valence-electron chi connectivity index (χ3n) is 5.82. The van der Waals surface area contributed by atoms with Gasteiger partial charge < -0.3 is 9.47 Å². The van der Waals surface area contributed by atoms with Crippen molar-refractivity contribution >= 4 is 22.7 Å². The van der Waals surface area contributed by atoms with Crippen molar-refractivity contribution in [3.05, 3.63) is 35.9 Å². The lowest BCUT2D eigenvalue weighted by atomic mass is 10.0. The summed E-state index contributed by atoms with van der Waals surface area (Å²) in [6.07, 6.45) is 12.5. The van der Waals surface area contributed by atoms with Crippen LogP contribution in [-0.4, -0.2) is 11.9 Å². The number of rotatable bonds is 15. The van der Waals surface area contributed by atoms with Crippen LogP contribution in [0.15, 0.2) is 30.3 Å². The zero-order valence-corrected chi connectivity index (χ0v) is 20.2. The Balaban J connectivity index is 2.10. The highest BCUT2D eigenvalue weighted by atomic mass is 16.5. The fourth-order valence-corrected chi connectivity index (χ4v) is 3.92. The first-order valence-electron chi connectivity index (χ1n) is 12.6. The topological polar surface area (TPSA) is 52.6 Å². The lowest BCUT2D eigenvalue weighted by molar-refractivity contribution is -0.135. The average Bonchev–Trinajstić information content (AvgIpc) is 2.80. The Hall–Kier alpha value is -2.36. The van der Waals surface area contributed by atoms with Crippen LogP contribution in [-0.2, 0) is 16.0 Å². The van der Waals surface area contributed by atoms with Gasteiger partial charge in [-0.05, 0) is 30.9 Å². The van der Waals surface area contributed by atoms with Gasteiger partial charge in [0.1, 0.15) is 11.5 Å². The van der Waals surface area contributed by atoms with Crippen molar-refractivity contribution in [1.82, 2.24) is 0 Å². The van der Waals surface area contributed by atoms with Crippen molar-refractivity contribution in [3.63, 3.8) is 0 Å². The second-order valence-corrected chi connectivity index (χ2v) is 8.54. The van der Waals surface area contributed by atoms with Gasteiger partial charge in [-0.15, -0.1) is 0 Å². The number of hydrogen-bond acceptors (Lipinski definition) is 4. The quantitative estimate of drug-likeness (QED) is 0.160. The predicted molar refractivity (Wildman–Crippen MR) is 131 cm³/mol. The molecular formula is C28H40O4. The summed E-state index contributed by atoms with van der Waals surface area (Å²) in [7, 11) is 0. The van der Waals surface area contributed by atoms with E-state index >= 15 is 0 Å². The molecule has 32 heavy (non-hydrogen) atoms. The fraction of sp³-hybridized carbons (Fsp3) is 0.571. The van der Waals surface area contributed by atoms with Crippen LogP contribution in [0.4, 0.5) is 0 Å². The highest BCUT2D eigenvalue weighted by molar-refractivity contribution is 5.97. The maximum absolute atomic E-state index is 12.5. The van der Waals surface area contributed by atoms with Gasteiger partial charge in [0.05, 0.1) is 0 Å². The zero-order chi connectivity index (χ0) is 23.2. The average molecular weight is 441 g/mol. The van der Waals surface area contributed by atoms with E-state index in [1.807, 2.05) is 37.3 Å². The molecule has 0 atom stereocenters. The molecule has 0 aliphatic carbocycles. The number of fused-ring (bicyclic) bond motifs is 1. The molecule has 0 amide bonds. The summed E-state index contributed by atoms with van der Waals surface area (Å²) in [6.45, 7) is 6.38. The van der Waals surface area contributed by atoms with Crippen molar-refractivity contribution < 1.29 is 19.1 Å². The lowest BCUT2D eigenvalue weighted by Crippen LogP contribution is -2.11. The van der Waals surface area contributed by atoms with Crippen LogP contribution < -0.4 is 9.47 Å². The number of esters is 2. The van der Waals surface area contributed by atoms with E-state index in [1.54, 1.807) is 0 Å². The van der Waals surface area contributed by atoms with Gasteiger partial charge in [0.2, 0.25) is 0 Å². The second kappa shape index (κ2) is 14.7. The van der Waals surface area contributed by atoms with E-state index in [1.165, 1.54) is 25.7 Å². The molecule has 0 heterocycles. The summed E-state index contributed by atoms with van der Waals surface area (Å²) in [6, 6.07) is 9.54. The van der Waals surface area contributed by atoms with Crippen molar-refractivity contribution in [2.45, 2.75) is 104 Å². The van der Waals surface area contributed by atoms with Crippen molar-refractivity contribution in [2.75, 3.05) is 0 Å². The molecule has 2 aromatic rings. The summed E-state index contributed by atoms with van der Waals surface area (Å²) in [4.78, 5) is 24.9. The predicted octanol–water partition coefficient (Wildman–Crippen LogP) is 7.93. The smallest absolute Gasteiger partial charge is 0.311 e. The SMILES string of the molecule is CCCCCCCC(=O)Oc1cc(CC)c(OC(=O)CCCCCCC)c2ccccc12. The summed E-state index contributed by atoms with van der Waals surface area (Å²) in [5.41, 5.74) is 0.883. The van der Waals surface area contributed by atoms with Crippen molar-refractivity contribution in [3.8, 4) is 11.5 Å². The molecule has 2 aromatic carbocycles. The molecule has 4 heteroatoms. The Bertz CT molecular complexity index is 856. The summed E-state index contributed by atoms with van der Waals surface area (Å²) in [5, 5.41) is 1.62. The molecule has 0 bridgehead atoms. The number of ether oxygens (including phenoxy) is 2. The second-order valence-electron chi connectivity index (χ2n) is 8.54. The first-order valence-corrected chi connectivity index (χ1v) is 12.6. The Morgan fingerprint density at radius 3 is 1.78 bits per heavy atom. The number of unbranched alkanes of at least 4 members (excludes halogenated alkanes) is 8. The minimum atomic E-state index is -0.203. The molecule has 0 aliphatic heterocycles. The van der Waals surface area contributed by atoms with Gasteiger partial charge in [0.15, 0.2) is 0 Å². The van der Waals surface area contributed by atoms with E-state index in [2.05, 4.69) is 13.8 Å². The number of aryl methyl sites for hydroxylation is 1. The van der Waals surface area contributed by atoms with Gasteiger partial charge in [-0.25, -0.2) is 0 Å². The van der Waals surface area contributed by atoms with E-state index in [4.69, 9.17) is 9.47 Å². The van der Waals surface area contributed by atoms with Gasteiger partial charge in [0.25, 0.3) is 0 Å². The molecule has 0 unspecified atom stereocenters. The maximum atomic E-state index is 12.5. The summed E-state index contributed by atoms with van der Waals surface area (Å²) < 4.78 is 11.6. The number of carbonyl (C=O) groups excluding carboxylic acids is 2. The highest BCUT2D eigenvalue weighted by Gasteiger charge is 2.18. The van der Waals surface area contributed by atoms with Crippen LogP contribution in [0, 0.1) is 0 Å². The van der Waals surface area contributed by atoms with Crippen molar-refractivity contribution in [1.29, 1.82) is 0 Å². The van der Waals surface area contributed by atoms with Gasteiger partial charge >= 0.3 is 11.9 Å². The van der Waals surface area contributed by atoms with Crippen LogP contribution in [0.2, 0.25) is 0 Å². The summed E-state index contributed by atoms with van der Waals surface area (Å²) in [5.74, 6) is 0.750. The monoisotopic (exact) mass is 440 g/mol. The van der Waals surface area contributed by atoms with E-state index in [0.717, 1.165) is 54.9 Å². The van der Waals surface area contributed by atoms with Crippen LogP contribution in [0.1, 0.15) is 103 Å². The molecule has 2 rings (SSSR count). The molecule has 0 saturated heterocycles. The third kappa shape index (κ3) is 8.29. The van der Waals surface area contributed by atoms with E-state index in [9.17, 15) is 9.59 Å². The Labute approximate surface area is 193 Å². The minimum absolute atomic E-state index is 0.196. The minimum Gasteiger partial charge on any atom is -0.426 e. The number of hydrogen-bond donors (Lipinski definition) is 0. The van der Waals surface area contributed by atoms with Crippen LogP contribution in [0.3, 0.4) is 0 Å². The Morgan fingerprint density at radius 2 is 1.22 bits per heavy atom. The lowest BCUT2D eigenvalue weighted by Gasteiger charge is -2.16. The largest absolute Gasteiger partial charge is 0.426 e. The van der Waals surface area contributed by atoms with Crippen molar-refractivity contribution in [2.24, 2.45) is 0 Å². The molecule has 176 valence electrons. The van der Waals surface area contributed by atoms with E-state index in [-0.39, 0.29) is 11.9 Å². The molecule has 0 aromatic heterocycles. The maximum Gasteiger partial charge on any atom is 0.311 e. The zero-order valence-electron chi connectivity index (χ0n) is 20.2. The Kier molecular flexibility index (Phi) is 11.9. The van der Waals surface area contributed by atoms with Crippen LogP contribution in [0.25, 0.3) is 10.8 Å². The molecule has 0 spiro atoms. The Morgan fingerprint density at radius 1 is 0.688 bits per heavy atom. The normalized spacial score (nSPS) is 11.0. The summed E-state index contributed by atoms with van der Waals surface area (Å²) >= 11 is 0. The molecule has 0 aliphatic rings. The molecule has 0 saturated carbocycles. The molecule has 0 N–H and O–H groups in total. The van der Waals surface area contributed by atoms with Crippen LogP contribution in [0.5, 0.6) is 11.5 Å². The number of carbonyl (C=O) groups is 2. The molecule has 0 radical (unpaired) electrons. The van der Waals surface area contributed by atoms with Gasteiger partial charge in [-0.1, -0.05) is 96.4 Å². The van der Waals surface area contributed by atoms with Gasteiger partial charge in [-0.2, -0.15) is 0 Å². The van der Waals surface area contributed by atoms with Gasteiger partial charge in [0, 0.05) is 23.6 Å². The molecular weight excluding hydrogens is 400 g/mol. The number of benzene rings is 2. The van der Waals surface area contributed by atoms with Gasteiger partial charge in [-0.3, -0.25) is 9.59 Å². The van der Waals surface area contributed by atoms with E-state index < -0.39 is 0 Å². The van der Waals surface area contributed by atoms with E-state index in [0.29, 0.717) is 30.8 Å².